The Morgan fingerprint density at radius 2 is 1.82 bits per heavy atom. The van der Waals surface area contributed by atoms with Gasteiger partial charge in [0.05, 0.1) is 6.54 Å². The zero-order valence-corrected chi connectivity index (χ0v) is 10.2. The lowest BCUT2D eigenvalue weighted by Crippen LogP contribution is -2.31. The Hall–Kier alpha value is -1.87. The average Bonchev–Trinajstić information content (AvgIpc) is 2.29. The molecule has 0 amide bonds. The second-order valence-corrected chi connectivity index (χ2v) is 4.26. The van der Waals surface area contributed by atoms with Crippen LogP contribution in [0.5, 0.6) is 0 Å². The molecule has 0 saturated heterocycles. The van der Waals surface area contributed by atoms with Gasteiger partial charge in [0.15, 0.2) is 0 Å². The molecule has 0 radical (unpaired) electrons. The van der Waals surface area contributed by atoms with Gasteiger partial charge >= 0.3 is 0 Å². The summed E-state index contributed by atoms with van der Waals surface area (Å²) in [7, 11) is 0. The Bertz CT molecular complexity index is 474. The number of aromatic nitrogens is 1. The number of hydrogen-bond donors (Lipinski definition) is 1. The standard InChI is InChI=1S/C14H17N3/c1-11-8-12(2)16-14(9-11)17(15)10-13-6-4-3-5-7-13/h3-9H,10,15H2,1-2H3. The second-order valence-electron chi connectivity index (χ2n) is 4.26. The van der Waals surface area contributed by atoms with Crippen LogP contribution in [0, 0.1) is 13.8 Å². The van der Waals surface area contributed by atoms with Crippen LogP contribution >= 0.6 is 0 Å². The lowest BCUT2D eigenvalue weighted by molar-refractivity contribution is 0.827. The van der Waals surface area contributed by atoms with E-state index in [1.54, 1.807) is 5.01 Å². The zero-order valence-electron chi connectivity index (χ0n) is 10.2. The van der Waals surface area contributed by atoms with E-state index in [2.05, 4.69) is 24.0 Å². The lowest BCUT2D eigenvalue weighted by Gasteiger charge is -2.18. The fourth-order valence-corrected chi connectivity index (χ4v) is 1.83. The molecule has 17 heavy (non-hydrogen) atoms. The van der Waals surface area contributed by atoms with Crippen LogP contribution in [0.15, 0.2) is 42.5 Å². The average molecular weight is 227 g/mol. The van der Waals surface area contributed by atoms with Crippen molar-refractivity contribution in [3.05, 3.63) is 59.3 Å². The van der Waals surface area contributed by atoms with E-state index in [1.165, 1.54) is 11.1 Å². The van der Waals surface area contributed by atoms with Crippen LogP contribution in [0.3, 0.4) is 0 Å². The maximum absolute atomic E-state index is 6.04. The smallest absolute Gasteiger partial charge is 0.143 e. The van der Waals surface area contributed by atoms with Gasteiger partial charge in [0, 0.05) is 5.69 Å². The first-order chi connectivity index (χ1) is 8.15. The third-order valence-electron chi connectivity index (χ3n) is 2.57. The predicted octanol–water partition coefficient (Wildman–Crippen LogP) is 2.58. The third-order valence-corrected chi connectivity index (χ3v) is 2.57. The molecule has 88 valence electrons. The minimum absolute atomic E-state index is 0.663. The summed E-state index contributed by atoms with van der Waals surface area (Å²) in [5.41, 5.74) is 3.34. The van der Waals surface area contributed by atoms with Crippen LogP contribution in [-0.4, -0.2) is 4.98 Å². The first-order valence-corrected chi connectivity index (χ1v) is 5.66. The highest BCUT2D eigenvalue weighted by molar-refractivity contribution is 5.41. The highest BCUT2D eigenvalue weighted by Gasteiger charge is 2.05. The highest BCUT2D eigenvalue weighted by Crippen LogP contribution is 2.14. The Morgan fingerprint density at radius 1 is 1.12 bits per heavy atom. The number of hydrazine groups is 1. The molecule has 3 nitrogen and oxygen atoms in total. The lowest BCUT2D eigenvalue weighted by atomic mass is 10.2. The van der Waals surface area contributed by atoms with E-state index >= 15 is 0 Å². The molecular formula is C14H17N3. The third kappa shape index (κ3) is 3.04. The molecule has 2 N–H and O–H groups in total. The Kier molecular flexibility index (Phi) is 3.40. The number of nitrogens with two attached hydrogens (primary N) is 1. The molecule has 0 spiro atoms. The fraction of sp³-hybridized carbons (Fsp3) is 0.214. The van der Waals surface area contributed by atoms with Crippen molar-refractivity contribution < 1.29 is 0 Å². The molecule has 0 bridgehead atoms. The number of hydrogen-bond acceptors (Lipinski definition) is 3. The van der Waals surface area contributed by atoms with Gasteiger partial charge in [-0.1, -0.05) is 30.3 Å². The molecule has 0 aliphatic heterocycles. The molecule has 1 aromatic carbocycles. The zero-order chi connectivity index (χ0) is 12.3. The van der Waals surface area contributed by atoms with E-state index in [-0.39, 0.29) is 0 Å². The van der Waals surface area contributed by atoms with Crippen LogP contribution in [0.2, 0.25) is 0 Å². The number of nitrogens with zero attached hydrogens (tertiary/aromatic N) is 2. The second kappa shape index (κ2) is 4.97. The molecule has 2 rings (SSSR count). The molecule has 1 heterocycles. The summed E-state index contributed by atoms with van der Waals surface area (Å²) in [6.45, 7) is 4.69. The van der Waals surface area contributed by atoms with Gasteiger partial charge in [0.2, 0.25) is 0 Å². The van der Waals surface area contributed by atoms with Crippen molar-refractivity contribution in [2.24, 2.45) is 5.84 Å². The molecule has 2 aromatic rings. The minimum atomic E-state index is 0.663. The van der Waals surface area contributed by atoms with Gasteiger partial charge in [-0.05, 0) is 37.1 Å². The van der Waals surface area contributed by atoms with Gasteiger partial charge in [-0.3, -0.25) is 5.01 Å². The molecular weight excluding hydrogens is 210 g/mol. The number of anilines is 1. The van der Waals surface area contributed by atoms with Gasteiger partial charge < -0.3 is 0 Å². The van der Waals surface area contributed by atoms with Crippen molar-refractivity contribution in [2.45, 2.75) is 20.4 Å². The van der Waals surface area contributed by atoms with Crippen molar-refractivity contribution >= 4 is 5.82 Å². The molecule has 1 aromatic heterocycles. The molecule has 0 unspecified atom stereocenters. The predicted molar refractivity (Wildman–Crippen MR) is 70.5 cm³/mol. The van der Waals surface area contributed by atoms with E-state index in [9.17, 15) is 0 Å². The van der Waals surface area contributed by atoms with Gasteiger partial charge in [0.1, 0.15) is 5.82 Å². The summed E-state index contributed by atoms with van der Waals surface area (Å²) in [5, 5.41) is 1.68. The molecule has 0 fully saturated rings. The van der Waals surface area contributed by atoms with E-state index in [0.29, 0.717) is 6.54 Å². The summed E-state index contributed by atoms with van der Waals surface area (Å²) in [5.74, 6) is 6.85. The normalized spacial score (nSPS) is 10.3. The summed E-state index contributed by atoms with van der Waals surface area (Å²) in [6, 6.07) is 14.2. The van der Waals surface area contributed by atoms with Crippen molar-refractivity contribution in [2.75, 3.05) is 5.01 Å². The number of benzene rings is 1. The van der Waals surface area contributed by atoms with E-state index in [0.717, 1.165) is 11.5 Å². The van der Waals surface area contributed by atoms with Crippen molar-refractivity contribution in [3.8, 4) is 0 Å². The maximum atomic E-state index is 6.04. The SMILES string of the molecule is Cc1cc(C)nc(N(N)Cc2ccccc2)c1. The highest BCUT2D eigenvalue weighted by atomic mass is 15.4. The largest absolute Gasteiger partial charge is 0.290 e. The Morgan fingerprint density at radius 3 is 2.47 bits per heavy atom. The van der Waals surface area contributed by atoms with Crippen LogP contribution in [0.1, 0.15) is 16.8 Å². The van der Waals surface area contributed by atoms with Gasteiger partial charge in [-0.2, -0.15) is 0 Å². The van der Waals surface area contributed by atoms with Gasteiger partial charge in [-0.15, -0.1) is 0 Å². The van der Waals surface area contributed by atoms with Crippen LogP contribution < -0.4 is 10.9 Å². The molecule has 0 saturated carbocycles. The summed E-state index contributed by atoms with van der Waals surface area (Å²) in [6.07, 6.45) is 0. The van der Waals surface area contributed by atoms with Crippen LogP contribution in [0.25, 0.3) is 0 Å². The van der Waals surface area contributed by atoms with Crippen molar-refractivity contribution in [1.29, 1.82) is 0 Å². The first-order valence-electron chi connectivity index (χ1n) is 5.66. The number of aryl methyl sites for hydroxylation is 2. The maximum Gasteiger partial charge on any atom is 0.143 e. The topological polar surface area (TPSA) is 42.2 Å². The van der Waals surface area contributed by atoms with Crippen LogP contribution in [0.4, 0.5) is 5.82 Å². The molecule has 3 heteroatoms. The van der Waals surface area contributed by atoms with E-state index < -0.39 is 0 Å². The molecule has 0 aliphatic carbocycles. The van der Waals surface area contributed by atoms with Crippen molar-refractivity contribution in [1.82, 2.24) is 4.98 Å². The summed E-state index contributed by atoms with van der Waals surface area (Å²) in [4.78, 5) is 4.43. The molecule has 0 atom stereocenters. The fourth-order valence-electron chi connectivity index (χ4n) is 1.83. The minimum Gasteiger partial charge on any atom is -0.290 e. The van der Waals surface area contributed by atoms with Gasteiger partial charge in [-0.25, -0.2) is 10.8 Å². The van der Waals surface area contributed by atoms with E-state index in [4.69, 9.17) is 5.84 Å². The van der Waals surface area contributed by atoms with E-state index in [1.807, 2.05) is 37.3 Å². The molecule has 0 aliphatic rings. The van der Waals surface area contributed by atoms with Crippen LogP contribution in [-0.2, 0) is 6.54 Å². The number of rotatable bonds is 3. The monoisotopic (exact) mass is 227 g/mol. The van der Waals surface area contributed by atoms with Gasteiger partial charge in [0.25, 0.3) is 0 Å². The van der Waals surface area contributed by atoms with Crippen molar-refractivity contribution in [3.63, 3.8) is 0 Å². The Labute approximate surface area is 102 Å². The first kappa shape index (κ1) is 11.6. The summed E-state index contributed by atoms with van der Waals surface area (Å²) >= 11 is 0. The quantitative estimate of drug-likeness (QED) is 0.647. The number of pyridine rings is 1. The summed E-state index contributed by atoms with van der Waals surface area (Å²) < 4.78 is 0. The Balaban J connectivity index is 2.17.